The molecule has 2 heterocycles. The lowest BCUT2D eigenvalue weighted by Gasteiger charge is -2.24. The number of benzene rings is 2. The zero-order valence-electron chi connectivity index (χ0n) is 15.7. The number of phenols is 2. The van der Waals surface area contributed by atoms with Crippen molar-refractivity contribution in [3.8, 4) is 23.0 Å². The van der Waals surface area contributed by atoms with Gasteiger partial charge in [0.05, 0.1) is 19.1 Å². The number of hydrogen-bond donors (Lipinski definition) is 4. The van der Waals surface area contributed by atoms with Crippen LogP contribution in [0.1, 0.15) is 22.8 Å². The summed E-state index contributed by atoms with van der Waals surface area (Å²) in [5.74, 6) is -0.808. The lowest BCUT2D eigenvalue weighted by molar-refractivity contribution is -0.116. The van der Waals surface area contributed by atoms with Crippen LogP contribution in [0.25, 0.3) is 0 Å². The van der Waals surface area contributed by atoms with Crippen molar-refractivity contribution < 1.29 is 24.5 Å². The fourth-order valence-corrected chi connectivity index (χ4v) is 4.39. The van der Waals surface area contributed by atoms with Crippen molar-refractivity contribution in [2.24, 2.45) is 0 Å². The quantitative estimate of drug-likeness (QED) is 0.471. The Kier molecular flexibility index (Phi) is 4.89. The van der Waals surface area contributed by atoms with Gasteiger partial charge >= 0.3 is 0 Å². The van der Waals surface area contributed by atoms with Gasteiger partial charge in [-0.15, -0.1) is 0 Å². The van der Waals surface area contributed by atoms with Gasteiger partial charge < -0.3 is 30.3 Å². The van der Waals surface area contributed by atoms with Crippen LogP contribution in [-0.4, -0.2) is 35.3 Å². The predicted octanol–water partition coefficient (Wildman–Crippen LogP) is 3.79. The van der Waals surface area contributed by atoms with Gasteiger partial charge in [-0.1, -0.05) is 29.5 Å². The average molecular weight is 413 g/mol. The zero-order valence-corrected chi connectivity index (χ0v) is 16.5. The maximum Gasteiger partial charge on any atom is 0.226 e. The minimum absolute atomic E-state index is 0.0954. The molecular formula is C20H19N3O5S. The Morgan fingerprint density at radius 2 is 1.93 bits per heavy atom. The summed E-state index contributed by atoms with van der Waals surface area (Å²) < 4.78 is 10.5. The monoisotopic (exact) mass is 413 g/mol. The van der Waals surface area contributed by atoms with Crippen LogP contribution in [0.2, 0.25) is 0 Å². The van der Waals surface area contributed by atoms with E-state index in [4.69, 9.17) is 9.47 Å². The maximum absolute atomic E-state index is 12.3. The smallest absolute Gasteiger partial charge is 0.226 e. The van der Waals surface area contributed by atoms with Crippen LogP contribution in [0, 0.1) is 0 Å². The Balaban J connectivity index is 1.79. The van der Waals surface area contributed by atoms with Gasteiger partial charge in [-0.25, -0.2) is 4.98 Å². The van der Waals surface area contributed by atoms with E-state index in [1.165, 1.54) is 25.6 Å². The highest BCUT2D eigenvalue weighted by Crippen LogP contribution is 2.52. The topological polar surface area (TPSA) is 113 Å². The van der Waals surface area contributed by atoms with Gasteiger partial charge in [0.1, 0.15) is 5.82 Å². The van der Waals surface area contributed by atoms with Crippen LogP contribution < -0.4 is 20.1 Å². The molecule has 0 fully saturated rings. The minimum Gasteiger partial charge on any atom is -0.502 e. The van der Waals surface area contributed by atoms with Crippen LogP contribution in [-0.2, 0) is 4.79 Å². The van der Waals surface area contributed by atoms with Crippen LogP contribution in [0.5, 0.6) is 23.0 Å². The molecule has 1 aliphatic rings. The molecule has 0 aliphatic carbocycles. The van der Waals surface area contributed by atoms with E-state index in [1.54, 1.807) is 6.07 Å². The number of phenolic OH excluding ortho intramolecular Hbond substituents is 2. The molecule has 1 amide bonds. The van der Waals surface area contributed by atoms with Gasteiger partial charge in [-0.05, 0) is 18.2 Å². The summed E-state index contributed by atoms with van der Waals surface area (Å²) in [5, 5.41) is 27.1. The summed E-state index contributed by atoms with van der Waals surface area (Å²) in [6.45, 7) is 0. The molecule has 0 spiro atoms. The second kappa shape index (κ2) is 7.51. The molecule has 29 heavy (non-hydrogen) atoms. The lowest BCUT2D eigenvalue weighted by Crippen LogP contribution is -2.23. The number of hydrogen-bond acceptors (Lipinski definition) is 8. The molecule has 4 N–H and O–H groups in total. The zero-order chi connectivity index (χ0) is 20.5. The first-order valence-electron chi connectivity index (χ1n) is 8.81. The minimum atomic E-state index is -0.429. The Labute approximate surface area is 170 Å². The Hall–Kier alpha value is -3.46. The molecule has 0 radical (unpaired) electrons. The van der Waals surface area contributed by atoms with Gasteiger partial charge in [0.2, 0.25) is 17.4 Å². The van der Waals surface area contributed by atoms with Crippen LogP contribution in [0.15, 0.2) is 36.4 Å². The number of fused-ring (bicyclic) bond motifs is 1. The predicted molar refractivity (Wildman–Crippen MR) is 110 cm³/mol. The highest BCUT2D eigenvalue weighted by Gasteiger charge is 2.34. The number of para-hydroxylation sites is 1. The number of nitrogens with one attached hydrogen (secondary N) is 2. The molecule has 0 unspecified atom stereocenters. The van der Waals surface area contributed by atoms with Crippen LogP contribution >= 0.6 is 11.3 Å². The lowest BCUT2D eigenvalue weighted by atomic mass is 9.90. The summed E-state index contributed by atoms with van der Waals surface area (Å²) >= 11 is 1.40. The number of methoxy groups -OCH3 is 2. The normalized spacial score (nSPS) is 15.4. The molecule has 150 valence electrons. The number of amides is 1. The van der Waals surface area contributed by atoms with Crippen LogP contribution in [0.3, 0.4) is 0 Å². The molecular weight excluding hydrogens is 394 g/mol. The Morgan fingerprint density at radius 3 is 2.62 bits per heavy atom. The van der Waals surface area contributed by atoms with E-state index in [0.717, 1.165) is 10.6 Å². The first kappa shape index (κ1) is 18.9. The number of rotatable bonds is 5. The number of ether oxygens (including phenoxy) is 2. The van der Waals surface area contributed by atoms with Crippen molar-refractivity contribution in [1.82, 2.24) is 4.98 Å². The molecule has 0 saturated heterocycles. The summed E-state index contributed by atoms with van der Waals surface area (Å²) in [7, 11) is 2.78. The van der Waals surface area contributed by atoms with Gasteiger partial charge in [0.15, 0.2) is 16.6 Å². The molecule has 1 aliphatic heterocycles. The molecule has 8 nitrogen and oxygen atoms in total. The summed E-state index contributed by atoms with van der Waals surface area (Å²) in [5.41, 5.74) is 1.41. The molecule has 4 rings (SSSR count). The third-order valence-electron chi connectivity index (χ3n) is 4.66. The van der Waals surface area contributed by atoms with Crippen molar-refractivity contribution >= 4 is 33.9 Å². The summed E-state index contributed by atoms with van der Waals surface area (Å²) in [4.78, 5) is 17.6. The number of aromatic hydroxyl groups is 2. The van der Waals surface area contributed by atoms with Crippen LogP contribution in [0.4, 0.5) is 16.6 Å². The molecule has 3 aromatic rings. The van der Waals surface area contributed by atoms with Crippen molar-refractivity contribution in [2.45, 2.75) is 12.3 Å². The van der Waals surface area contributed by atoms with E-state index in [2.05, 4.69) is 15.6 Å². The fraction of sp³-hybridized carbons (Fsp3) is 0.200. The molecule has 9 heteroatoms. The Bertz CT molecular complexity index is 1070. The molecule has 0 saturated carbocycles. The number of anilines is 3. The molecule has 1 atom stereocenters. The summed E-state index contributed by atoms with van der Waals surface area (Å²) in [6.07, 6.45) is 0.143. The average Bonchev–Trinajstić information content (AvgIpc) is 3.12. The third kappa shape index (κ3) is 3.40. The second-order valence-corrected chi connectivity index (χ2v) is 7.46. The number of aromatic nitrogens is 1. The van der Waals surface area contributed by atoms with E-state index in [1.807, 2.05) is 30.3 Å². The second-order valence-electron chi connectivity index (χ2n) is 6.43. The van der Waals surface area contributed by atoms with E-state index in [9.17, 15) is 15.0 Å². The van der Waals surface area contributed by atoms with Gasteiger partial charge in [-0.3, -0.25) is 4.79 Å². The molecule has 2 aromatic carbocycles. The molecule has 1 aromatic heterocycles. The first-order valence-corrected chi connectivity index (χ1v) is 9.63. The number of carbonyl (C=O) groups is 1. The van der Waals surface area contributed by atoms with Crippen molar-refractivity contribution in [2.75, 3.05) is 24.9 Å². The van der Waals surface area contributed by atoms with Gasteiger partial charge in [0, 0.05) is 23.6 Å². The van der Waals surface area contributed by atoms with Gasteiger partial charge in [0.25, 0.3) is 0 Å². The number of nitrogens with zero attached hydrogens (tertiary/aromatic N) is 1. The SMILES string of the molecule is COc1cc([C@H]2CC(=O)Nc3nc(Nc4ccccc4)sc32)c(OC)c(O)c1O. The number of thiazole rings is 1. The third-order valence-corrected chi connectivity index (χ3v) is 5.75. The first-order chi connectivity index (χ1) is 14.0. The highest BCUT2D eigenvalue weighted by atomic mass is 32.1. The Morgan fingerprint density at radius 1 is 1.17 bits per heavy atom. The van der Waals surface area contributed by atoms with E-state index >= 15 is 0 Å². The van der Waals surface area contributed by atoms with Gasteiger partial charge in [-0.2, -0.15) is 0 Å². The maximum atomic E-state index is 12.3. The van der Waals surface area contributed by atoms with Crippen molar-refractivity contribution in [3.05, 3.63) is 46.8 Å². The highest BCUT2D eigenvalue weighted by molar-refractivity contribution is 7.16. The molecule has 0 bridgehead atoms. The number of carbonyl (C=O) groups excluding carboxylic acids is 1. The van der Waals surface area contributed by atoms with Crippen molar-refractivity contribution in [1.29, 1.82) is 0 Å². The van der Waals surface area contributed by atoms with E-state index in [0.29, 0.717) is 16.5 Å². The largest absolute Gasteiger partial charge is 0.502 e. The fourth-order valence-electron chi connectivity index (χ4n) is 3.33. The summed E-state index contributed by atoms with van der Waals surface area (Å²) in [6, 6.07) is 11.2. The standard InChI is InChI=1S/C20H19N3O5S/c1-27-13-8-11(17(28-2)16(26)15(13)25)12-9-14(24)22-19-18(12)29-20(23-19)21-10-6-4-3-5-7-10/h3-8,12,25-26H,9H2,1-2H3,(H,21,23)(H,22,24)/t12-/m1/s1. The van der Waals surface area contributed by atoms with E-state index < -0.39 is 17.4 Å². The van der Waals surface area contributed by atoms with E-state index in [-0.39, 0.29) is 23.8 Å². The van der Waals surface area contributed by atoms with Crippen molar-refractivity contribution in [3.63, 3.8) is 0 Å².